The summed E-state index contributed by atoms with van der Waals surface area (Å²) in [7, 11) is 0. The third kappa shape index (κ3) is 4.66. The van der Waals surface area contributed by atoms with Crippen LogP contribution in [0.4, 0.5) is 0 Å². The van der Waals surface area contributed by atoms with Gasteiger partial charge in [0.15, 0.2) is 0 Å². The summed E-state index contributed by atoms with van der Waals surface area (Å²) in [6, 6.07) is 1.55. The molecule has 2 aliphatic rings. The molecule has 122 valence electrons. The zero-order valence-corrected chi connectivity index (χ0v) is 13.5. The van der Waals surface area contributed by atoms with Crippen LogP contribution in [-0.2, 0) is 9.53 Å². The minimum absolute atomic E-state index is 0.167. The van der Waals surface area contributed by atoms with Crippen LogP contribution in [0.15, 0.2) is 0 Å². The lowest BCUT2D eigenvalue weighted by Gasteiger charge is -2.45. The van der Waals surface area contributed by atoms with E-state index in [9.17, 15) is 4.79 Å². The fraction of sp³-hybridized carbons (Fsp3) is 0.938. The van der Waals surface area contributed by atoms with Crippen LogP contribution in [0.5, 0.6) is 0 Å². The van der Waals surface area contributed by atoms with E-state index in [1.165, 1.54) is 0 Å². The Morgan fingerprint density at radius 3 is 2.62 bits per heavy atom. The van der Waals surface area contributed by atoms with Crippen molar-refractivity contribution in [3.8, 4) is 0 Å². The molecule has 2 atom stereocenters. The first-order chi connectivity index (χ1) is 9.99. The summed E-state index contributed by atoms with van der Waals surface area (Å²) < 4.78 is 5.81. The zero-order valence-electron chi connectivity index (χ0n) is 13.5. The highest BCUT2D eigenvalue weighted by molar-refractivity contribution is 5.69. The molecule has 1 aliphatic heterocycles. The highest BCUT2D eigenvalue weighted by atomic mass is 16.5. The predicted octanol–water partition coefficient (Wildman–Crippen LogP) is 1.72. The third-order valence-corrected chi connectivity index (χ3v) is 4.90. The highest BCUT2D eigenvalue weighted by Gasteiger charge is 2.36. The molecule has 0 amide bonds. The van der Waals surface area contributed by atoms with E-state index in [0.29, 0.717) is 30.1 Å². The van der Waals surface area contributed by atoms with E-state index >= 15 is 0 Å². The number of nitrogens with one attached hydrogen (secondary N) is 1. The SMILES string of the molecule is CCN(CC(=O)O)C1CC(NC2CCOC(C(C)C)C2)C1. The summed E-state index contributed by atoms with van der Waals surface area (Å²) >= 11 is 0. The average molecular weight is 298 g/mol. The quantitative estimate of drug-likeness (QED) is 0.749. The third-order valence-electron chi connectivity index (χ3n) is 4.90. The van der Waals surface area contributed by atoms with Crippen molar-refractivity contribution >= 4 is 5.97 Å². The first-order valence-corrected chi connectivity index (χ1v) is 8.33. The van der Waals surface area contributed by atoms with Crippen LogP contribution in [0.1, 0.15) is 46.5 Å². The molecule has 0 aromatic heterocycles. The van der Waals surface area contributed by atoms with Gasteiger partial charge in [0.1, 0.15) is 0 Å². The molecule has 1 saturated heterocycles. The van der Waals surface area contributed by atoms with E-state index < -0.39 is 5.97 Å². The second-order valence-corrected chi connectivity index (χ2v) is 6.82. The average Bonchev–Trinajstić information content (AvgIpc) is 2.40. The molecule has 5 heteroatoms. The van der Waals surface area contributed by atoms with Crippen molar-refractivity contribution in [3.63, 3.8) is 0 Å². The maximum Gasteiger partial charge on any atom is 0.317 e. The van der Waals surface area contributed by atoms with Crippen molar-refractivity contribution in [3.05, 3.63) is 0 Å². The second kappa shape index (κ2) is 7.56. The number of nitrogens with zero attached hydrogens (tertiary/aromatic N) is 1. The fourth-order valence-corrected chi connectivity index (χ4v) is 3.47. The van der Waals surface area contributed by atoms with Gasteiger partial charge in [-0.2, -0.15) is 0 Å². The normalized spacial score (nSPS) is 33.2. The number of ether oxygens (including phenoxy) is 1. The van der Waals surface area contributed by atoms with Crippen molar-refractivity contribution in [1.82, 2.24) is 10.2 Å². The van der Waals surface area contributed by atoms with Gasteiger partial charge in [-0.15, -0.1) is 0 Å². The first-order valence-electron chi connectivity index (χ1n) is 8.33. The molecule has 1 saturated carbocycles. The summed E-state index contributed by atoms with van der Waals surface area (Å²) in [4.78, 5) is 12.9. The molecule has 2 N–H and O–H groups in total. The van der Waals surface area contributed by atoms with Crippen molar-refractivity contribution in [2.45, 2.75) is 70.7 Å². The Bertz CT molecular complexity index is 342. The zero-order chi connectivity index (χ0) is 15.4. The minimum Gasteiger partial charge on any atom is -0.480 e. The van der Waals surface area contributed by atoms with E-state index in [1.807, 2.05) is 6.92 Å². The van der Waals surface area contributed by atoms with Gasteiger partial charge < -0.3 is 15.2 Å². The number of likely N-dealkylation sites (N-methyl/N-ethyl adjacent to an activating group) is 1. The molecule has 21 heavy (non-hydrogen) atoms. The number of carboxylic acids is 1. The predicted molar refractivity (Wildman–Crippen MR) is 82.4 cm³/mol. The van der Waals surface area contributed by atoms with E-state index in [4.69, 9.17) is 9.84 Å². The lowest BCUT2D eigenvalue weighted by Crippen LogP contribution is -2.56. The van der Waals surface area contributed by atoms with Crippen LogP contribution in [-0.4, -0.2) is 59.9 Å². The summed E-state index contributed by atoms with van der Waals surface area (Å²) in [5, 5.41) is 12.7. The maximum absolute atomic E-state index is 10.8. The van der Waals surface area contributed by atoms with E-state index in [-0.39, 0.29) is 6.54 Å². The van der Waals surface area contributed by atoms with Gasteiger partial charge >= 0.3 is 5.97 Å². The largest absolute Gasteiger partial charge is 0.480 e. The molecular formula is C16H30N2O3. The monoisotopic (exact) mass is 298 g/mol. The summed E-state index contributed by atoms with van der Waals surface area (Å²) in [5.41, 5.74) is 0. The van der Waals surface area contributed by atoms with Crippen molar-refractivity contribution in [2.24, 2.45) is 5.92 Å². The van der Waals surface area contributed by atoms with Gasteiger partial charge in [0.2, 0.25) is 0 Å². The standard InChI is InChI=1S/C16H30N2O3/c1-4-18(10-16(19)20)14-7-13(8-14)17-12-5-6-21-15(9-12)11(2)3/h11-15,17H,4-10H2,1-3H3,(H,19,20). The molecule has 0 radical (unpaired) electrons. The molecular weight excluding hydrogens is 268 g/mol. The molecule has 2 fully saturated rings. The number of rotatable bonds is 7. The second-order valence-electron chi connectivity index (χ2n) is 6.82. The van der Waals surface area contributed by atoms with Gasteiger partial charge in [-0.1, -0.05) is 20.8 Å². The van der Waals surface area contributed by atoms with Gasteiger partial charge in [0.05, 0.1) is 12.6 Å². The molecule has 5 nitrogen and oxygen atoms in total. The van der Waals surface area contributed by atoms with Gasteiger partial charge in [-0.05, 0) is 38.1 Å². The van der Waals surface area contributed by atoms with Crippen LogP contribution >= 0.6 is 0 Å². The Labute approximate surface area is 128 Å². The summed E-state index contributed by atoms with van der Waals surface area (Å²) in [6.45, 7) is 8.32. The Morgan fingerprint density at radius 2 is 2.05 bits per heavy atom. The molecule has 0 spiro atoms. The molecule has 0 bridgehead atoms. The lowest BCUT2D eigenvalue weighted by atomic mass is 9.83. The van der Waals surface area contributed by atoms with Crippen molar-refractivity contribution in [1.29, 1.82) is 0 Å². The maximum atomic E-state index is 10.8. The molecule has 0 aromatic rings. The van der Waals surface area contributed by atoms with Crippen LogP contribution in [0.25, 0.3) is 0 Å². The Hall–Kier alpha value is -0.650. The van der Waals surface area contributed by atoms with Crippen LogP contribution in [0.3, 0.4) is 0 Å². The minimum atomic E-state index is -0.725. The highest BCUT2D eigenvalue weighted by Crippen LogP contribution is 2.28. The van der Waals surface area contributed by atoms with Gasteiger partial charge in [-0.3, -0.25) is 9.69 Å². The number of carboxylic acid groups (broad SMARTS) is 1. The Balaban J connectivity index is 1.71. The molecule has 1 aliphatic carbocycles. The van der Waals surface area contributed by atoms with Gasteiger partial charge in [-0.25, -0.2) is 0 Å². The van der Waals surface area contributed by atoms with E-state index in [1.54, 1.807) is 0 Å². The van der Waals surface area contributed by atoms with E-state index in [2.05, 4.69) is 24.1 Å². The van der Waals surface area contributed by atoms with Gasteiger partial charge in [0.25, 0.3) is 0 Å². The molecule has 0 aromatic carbocycles. The lowest BCUT2D eigenvalue weighted by molar-refractivity contribution is -0.139. The fourth-order valence-electron chi connectivity index (χ4n) is 3.47. The Morgan fingerprint density at radius 1 is 1.33 bits per heavy atom. The molecule has 2 rings (SSSR count). The van der Waals surface area contributed by atoms with Crippen LogP contribution in [0, 0.1) is 5.92 Å². The smallest absolute Gasteiger partial charge is 0.317 e. The Kier molecular flexibility index (Phi) is 6.02. The van der Waals surface area contributed by atoms with E-state index in [0.717, 1.165) is 38.8 Å². The number of hydrogen-bond acceptors (Lipinski definition) is 4. The van der Waals surface area contributed by atoms with Crippen LogP contribution < -0.4 is 5.32 Å². The van der Waals surface area contributed by atoms with Crippen LogP contribution in [0.2, 0.25) is 0 Å². The summed E-state index contributed by atoms with van der Waals surface area (Å²) in [5.74, 6) is -0.146. The van der Waals surface area contributed by atoms with Gasteiger partial charge in [0, 0.05) is 24.7 Å². The number of carbonyl (C=O) groups is 1. The number of aliphatic carboxylic acids is 1. The summed E-state index contributed by atoms with van der Waals surface area (Å²) in [6.07, 6.45) is 4.73. The topological polar surface area (TPSA) is 61.8 Å². The van der Waals surface area contributed by atoms with Crippen molar-refractivity contribution < 1.29 is 14.6 Å². The number of hydrogen-bond donors (Lipinski definition) is 2. The molecule has 1 heterocycles. The molecule has 2 unspecified atom stereocenters. The van der Waals surface area contributed by atoms with Crippen molar-refractivity contribution in [2.75, 3.05) is 19.7 Å². The first kappa shape index (κ1) is 16.7.